The number of nitrogens with one attached hydrogen (secondary N) is 1. The van der Waals surface area contributed by atoms with E-state index in [0.29, 0.717) is 40.5 Å². The van der Waals surface area contributed by atoms with Crippen molar-refractivity contribution in [2.24, 2.45) is 0 Å². The average molecular weight is 565 g/mol. The highest BCUT2D eigenvalue weighted by atomic mass is 35.5. The van der Waals surface area contributed by atoms with Crippen LogP contribution in [0.1, 0.15) is 62.8 Å². The summed E-state index contributed by atoms with van der Waals surface area (Å²) in [5.41, 5.74) is 1.76. The molecule has 2 unspecified atom stereocenters. The summed E-state index contributed by atoms with van der Waals surface area (Å²) in [6, 6.07) is 4.10. The quantitative estimate of drug-likeness (QED) is 0.432. The molecule has 40 heavy (non-hydrogen) atoms. The predicted molar refractivity (Wildman–Crippen MR) is 152 cm³/mol. The molecule has 1 saturated carbocycles. The van der Waals surface area contributed by atoms with Crippen molar-refractivity contribution in [1.29, 1.82) is 0 Å². The van der Waals surface area contributed by atoms with Crippen LogP contribution in [0.5, 0.6) is 11.8 Å². The van der Waals surface area contributed by atoms with Gasteiger partial charge < -0.3 is 20.1 Å². The van der Waals surface area contributed by atoms with E-state index < -0.39 is 5.82 Å². The number of fused-ring (bicyclic) bond motifs is 4. The van der Waals surface area contributed by atoms with Crippen molar-refractivity contribution in [2.45, 2.75) is 74.9 Å². The normalized spacial score (nSPS) is 25.6. The van der Waals surface area contributed by atoms with E-state index in [2.05, 4.69) is 25.1 Å². The number of phenolic OH excluding ortho intramolecular Hbond substituents is 1. The molecule has 0 spiro atoms. The Hall–Kier alpha value is -2.75. The minimum Gasteiger partial charge on any atom is -0.508 e. The molecule has 2 aromatic heterocycles. The van der Waals surface area contributed by atoms with Crippen molar-refractivity contribution in [2.75, 3.05) is 37.7 Å². The van der Waals surface area contributed by atoms with Gasteiger partial charge in [0.15, 0.2) is 5.82 Å². The molecule has 4 aliphatic heterocycles. The second-order valence-electron chi connectivity index (χ2n) is 12.4. The molecule has 8 rings (SSSR count). The summed E-state index contributed by atoms with van der Waals surface area (Å²) >= 11 is 6.55. The van der Waals surface area contributed by atoms with Crippen molar-refractivity contribution in [1.82, 2.24) is 25.2 Å². The van der Waals surface area contributed by atoms with Crippen molar-refractivity contribution in [3.05, 3.63) is 34.7 Å². The van der Waals surface area contributed by atoms with Gasteiger partial charge >= 0.3 is 6.01 Å². The van der Waals surface area contributed by atoms with Gasteiger partial charge in [-0.3, -0.25) is 9.88 Å². The number of anilines is 1. The zero-order chi connectivity index (χ0) is 27.0. The van der Waals surface area contributed by atoms with Gasteiger partial charge in [0, 0.05) is 42.0 Å². The standard InChI is InChI=1S/C30H34ClFN6O2/c31-23-12-20(39)11-21(24(23)17-3-4-17)26-25(32)27-22(13-33-26)28(37-14-18-5-6-19(15-37)34-18)36-29(35-27)40-16-30-7-1-9-38(30)10-2-8-30/h11-13,17-19,34,39H,1-10,14-16H2. The number of pyridine rings is 1. The van der Waals surface area contributed by atoms with E-state index in [1.807, 2.05) is 0 Å². The number of rotatable bonds is 6. The lowest BCUT2D eigenvalue weighted by atomic mass is 9.95. The van der Waals surface area contributed by atoms with Crippen LogP contribution in [0.25, 0.3) is 22.2 Å². The lowest BCUT2D eigenvalue weighted by molar-refractivity contribution is 0.108. The fraction of sp³-hybridized carbons (Fsp3) is 0.567. The summed E-state index contributed by atoms with van der Waals surface area (Å²) in [6.07, 6.45) is 10.5. The molecule has 3 aromatic rings. The summed E-state index contributed by atoms with van der Waals surface area (Å²) in [4.78, 5) is 19.0. The first-order valence-corrected chi connectivity index (χ1v) is 15.1. The van der Waals surface area contributed by atoms with Crippen LogP contribution in [0.4, 0.5) is 10.2 Å². The Bertz CT molecular complexity index is 1480. The van der Waals surface area contributed by atoms with Gasteiger partial charge in [0.2, 0.25) is 0 Å². The first-order valence-electron chi connectivity index (χ1n) is 14.8. The van der Waals surface area contributed by atoms with E-state index in [0.717, 1.165) is 70.3 Å². The fourth-order valence-electron chi connectivity index (χ4n) is 7.73. The number of piperazine rings is 1. The number of aromatic nitrogens is 3. The molecule has 1 aliphatic carbocycles. The molecule has 2 N–H and O–H groups in total. The lowest BCUT2D eigenvalue weighted by Crippen LogP contribution is -2.51. The Labute approximate surface area is 237 Å². The topological polar surface area (TPSA) is 86.6 Å². The molecule has 8 nitrogen and oxygen atoms in total. The summed E-state index contributed by atoms with van der Waals surface area (Å²) in [5, 5.41) is 15.0. The minimum atomic E-state index is -0.533. The van der Waals surface area contributed by atoms with Crippen molar-refractivity contribution in [3.63, 3.8) is 0 Å². The highest BCUT2D eigenvalue weighted by molar-refractivity contribution is 6.32. The Balaban J connectivity index is 1.24. The first kappa shape index (κ1) is 25.0. The zero-order valence-electron chi connectivity index (χ0n) is 22.5. The van der Waals surface area contributed by atoms with E-state index >= 15 is 4.39 Å². The van der Waals surface area contributed by atoms with Gasteiger partial charge in [-0.15, -0.1) is 0 Å². The van der Waals surface area contributed by atoms with Crippen molar-refractivity contribution < 1.29 is 14.2 Å². The van der Waals surface area contributed by atoms with Crippen LogP contribution < -0.4 is 15.0 Å². The molecule has 0 radical (unpaired) electrons. The van der Waals surface area contributed by atoms with Crippen molar-refractivity contribution >= 4 is 28.3 Å². The van der Waals surface area contributed by atoms with Gasteiger partial charge in [0.1, 0.15) is 29.4 Å². The molecule has 6 heterocycles. The Morgan fingerprint density at radius 1 is 1.07 bits per heavy atom. The van der Waals surface area contributed by atoms with Crippen LogP contribution in [0.15, 0.2) is 18.3 Å². The van der Waals surface area contributed by atoms with Gasteiger partial charge in [0.25, 0.3) is 0 Å². The van der Waals surface area contributed by atoms with Gasteiger partial charge in [0.05, 0.1) is 10.9 Å². The van der Waals surface area contributed by atoms with E-state index in [-0.39, 0.29) is 34.4 Å². The van der Waals surface area contributed by atoms with E-state index in [1.54, 1.807) is 12.3 Å². The molecule has 10 heteroatoms. The SMILES string of the molecule is Oc1cc(Cl)c(C2CC2)c(-c2ncc3c(N4CC5CCC(C4)N5)nc(OCC45CCCN4CCC5)nc3c2F)c1. The summed E-state index contributed by atoms with van der Waals surface area (Å²) in [6.45, 7) is 4.33. The number of aromatic hydroxyl groups is 1. The highest BCUT2D eigenvalue weighted by Crippen LogP contribution is 2.49. The third kappa shape index (κ3) is 4.11. The van der Waals surface area contributed by atoms with Crippen LogP contribution in [-0.2, 0) is 0 Å². The molecule has 0 amide bonds. The third-order valence-electron chi connectivity index (χ3n) is 9.80. The van der Waals surface area contributed by atoms with Crippen LogP contribution >= 0.6 is 11.6 Å². The van der Waals surface area contributed by atoms with Crippen LogP contribution in [0.3, 0.4) is 0 Å². The largest absolute Gasteiger partial charge is 0.508 e. The maximum atomic E-state index is 16.6. The Kier molecular flexibility index (Phi) is 5.87. The van der Waals surface area contributed by atoms with E-state index in [1.165, 1.54) is 18.9 Å². The van der Waals surface area contributed by atoms with Gasteiger partial charge in [-0.2, -0.15) is 9.97 Å². The predicted octanol–water partition coefficient (Wildman–Crippen LogP) is 5.02. The number of phenols is 1. The van der Waals surface area contributed by atoms with Crippen LogP contribution in [-0.4, -0.2) is 75.4 Å². The molecular formula is C30H34ClFN6O2. The summed E-state index contributed by atoms with van der Waals surface area (Å²) < 4.78 is 22.9. The zero-order valence-corrected chi connectivity index (χ0v) is 23.3. The number of halogens is 2. The van der Waals surface area contributed by atoms with Crippen LogP contribution in [0.2, 0.25) is 5.02 Å². The Morgan fingerprint density at radius 3 is 2.55 bits per heavy atom. The number of hydrogen-bond donors (Lipinski definition) is 2. The first-order chi connectivity index (χ1) is 19.5. The van der Waals surface area contributed by atoms with Gasteiger partial charge in [-0.25, -0.2) is 4.39 Å². The van der Waals surface area contributed by atoms with E-state index in [4.69, 9.17) is 21.3 Å². The lowest BCUT2D eigenvalue weighted by Gasteiger charge is -2.34. The number of benzene rings is 1. The molecule has 2 bridgehead atoms. The van der Waals surface area contributed by atoms with Gasteiger partial charge in [-0.1, -0.05) is 11.6 Å². The minimum absolute atomic E-state index is 0.00803. The smallest absolute Gasteiger partial charge is 0.319 e. The highest BCUT2D eigenvalue weighted by Gasteiger charge is 2.45. The second-order valence-corrected chi connectivity index (χ2v) is 12.8. The Morgan fingerprint density at radius 2 is 1.82 bits per heavy atom. The molecule has 4 saturated heterocycles. The van der Waals surface area contributed by atoms with Crippen LogP contribution in [0, 0.1) is 5.82 Å². The monoisotopic (exact) mass is 564 g/mol. The molecule has 5 aliphatic rings. The fourth-order valence-corrected chi connectivity index (χ4v) is 8.10. The molecule has 210 valence electrons. The maximum absolute atomic E-state index is 16.6. The second kappa shape index (κ2) is 9.39. The van der Waals surface area contributed by atoms with E-state index in [9.17, 15) is 5.11 Å². The average Bonchev–Trinajstić information content (AvgIpc) is 3.43. The maximum Gasteiger partial charge on any atom is 0.319 e. The number of nitrogens with zero attached hydrogens (tertiary/aromatic N) is 5. The molecule has 5 fully saturated rings. The summed E-state index contributed by atoms with van der Waals surface area (Å²) in [5.74, 6) is 0.386. The molecule has 1 aromatic carbocycles. The number of hydrogen-bond acceptors (Lipinski definition) is 8. The van der Waals surface area contributed by atoms with Crippen molar-refractivity contribution in [3.8, 4) is 23.0 Å². The molecular weight excluding hydrogens is 531 g/mol. The van der Waals surface area contributed by atoms with Gasteiger partial charge in [-0.05, 0) is 88.1 Å². The third-order valence-corrected chi connectivity index (χ3v) is 10.1. The molecule has 2 atom stereocenters. The summed E-state index contributed by atoms with van der Waals surface area (Å²) in [7, 11) is 0. The number of ether oxygens (including phenoxy) is 1.